The number of hydrogen-bond acceptors (Lipinski definition) is 3. The Morgan fingerprint density at radius 3 is 2.86 bits per heavy atom. The van der Waals surface area contributed by atoms with Crippen LogP contribution in [0.4, 0.5) is 0 Å². The van der Waals surface area contributed by atoms with E-state index in [1.807, 2.05) is 0 Å². The van der Waals surface area contributed by atoms with E-state index in [4.69, 9.17) is 16.3 Å². The van der Waals surface area contributed by atoms with E-state index in [2.05, 4.69) is 4.72 Å². The average Bonchev–Trinajstić information content (AvgIpc) is 2.56. The average molecular weight is 242 g/mol. The zero-order valence-electron chi connectivity index (χ0n) is 8.04. The second-order valence-electron chi connectivity index (χ2n) is 3.42. The predicted molar refractivity (Wildman–Crippen MR) is 56.1 cm³/mol. The molecule has 1 N–H and O–H groups in total. The molecule has 1 heterocycles. The first-order valence-corrected chi connectivity index (χ1v) is 6.94. The van der Waals surface area contributed by atoms with Gasteiger partial charge >= 0.3 is 0 Å². The summed E-state index contributed by atoms with van der Waals surface area (Å²) < 4.78 is 30.1. The molecule has 1 aliphatic heterocycles. The molecule has 0 aromatic rings. The minimum absolute atomic E-state index is 0.00424. The molecule has 0 aromatic carbocycles. The summed E-state index contributed by atoms with van der Waals surface area (Å²) in [5.74, 6) is 0.645. The topological polar surface area (TPSA) is 55.4 Å². The van der Waals surface area contributed by atoms with Crippen molar-refractivity contribution < 1.29 is 13.2 Å². The zero-order chi connectivity index (χ0) is 10.4. The molecule has 1 aliphatic rings. The Bertz CT molecular complexity index is 249. The number of sulfonamides is 1. The SMILES string of the molecule is O=S(=O)(CCCl)NCCC1CCOC1. The number of alkyl halides is 1. The summed E-state index contributed by atoms with van der Waals surface area (Å²) in [4.78, 5) is 0. The lowest BCUT2D eigenvalue weighted by Crippen LogP contribution is -2.29. The number of nitrogens with one attached hydrogen (secondary N) is 1. The number of halogens is 1. The molecule has 0 bridgehead atoms. The molecule has 1 unspecified atom stereocenters. The van der Waals surface area contributed by atoms with Gasteiger partial charge in [-0.15, -0.1) is 11.6 Å². The molecule has 0 aliphatic carbocycles. The van der Waals surface area contributed by atoms with E-state index in [0.717, 1.165) is 26.1 Å². The number of rotatable bonds is 6. The highest BCUT2D eigenvalue weighted by Crippen LogP contribution is 2.15. The van der Waals surface area contributed by atoms with Gasteiger partial charge in [0, 0.05) is 25.6 Å². The van der Waals surface area contributed by atoms with Crippen molar-refractivity contribution in [3.63, 3.8) is 0 Å². The van der Waals surface area contributed by atoms with Crippen LogP contribution in [0.3, 0.4) is 0 Å². The van der Waals surface area contributed by atoms with Crippen molar-refractivity contribution in [3.05, 3.63) is 0 Å². The summed E-state index contributed by atoms with van der Waals surface area (Å²) in [6, 6.07) is 0. The molecular weight excluding hydrogens is 226 g/mol. The smallest absolute Gasteiger partial charge is 0.212 e. The maximum Gasteiger partial charge on any atom is 0.212 e. The predicted octanol–water partition coefficient (Wildman–Crippen LogP) is 0.571. The highest BCUT2D eigenvalue weighted by atomic mass is 35.5. The first kappa shape index (κ1) is 12.2. The molecule has 0 aromatic heterocycles. The van der Waals surface area contributed by atoms with E-state index >= 15 is 0 Å². The van der Waals surface area contributed by atoms with Gasteiger partial charge in [0.15, 0.2) is 0 Å². The van der Waals surface area contributed by atoms with Gasteiger partial charge in [-0.3, -0.25) is 0 Å². The van der Waals surface area contributed by atoms with Crippen molar-refractivity contribution in [1.82, 2.24) is 4.72 Å². The highest BCUT2D eigenvalue weighted by molar-refractivity contribution is 7.89. The van der Waals surface area contributed by atoms with Crippen molar-refractivity contribution in [1.29, 1.82) is 0 Å². The van der Waals surface area contributed by atoms with Crippen molar-refractivity contribution in [2.24, 2.45) is 5.92 Å². The van der Waals surface area contributed by atoms with Gasteiger partial charge in [0.25, 0.3) is 0 Å². The van der Waals surface area contributed by atoms with Gasteiger partial charge in [0.2, 0.25) is 10.0 Å². The first-order chi connectivity index (χ1) is 6.64. The van der Waals surface area contributed by atoms with Gasteiger partial charge in [0.1, 0.15) is 0 Å². The molecule has 1 saturated heterocycles. The fourth-order valence-electron chi connectivity index (χ4n) is 1.40. The van der Waals surface area contributed by atoms with E-state index in [9.17, 15) is 8.42 Å². The lowest BCUT2D eigenvalue weighted by atomic mass is 10.1. The third kappa shape index (κ3) is 4.59. The molecule has 84 valence electrons. The molecule has 0 radical (unpaired) electrons. The minimum atomic E-state index is -3.15. The Balaban J connectivity index is 2.13. The quantitative estimate of drug-likeness (QED) is 0.692. The Labute approximate surface area is 90.0 Å². The first-order valence-electron chi connectivity index (χ1n) is 4.75. The highest BCUT2D eigenvalue weighted by Gasteiger charge is 2.16. The van der Waals surface area contributed by atoms with Crippen LogP contribution < -0.4 is 4.72 Å². The van der Waals surface area contributed by atoms with Gasteiger partial charge in [-0.2, -0.15) is 0 Å². The van der Waals surface area contributed by atoms with Crippen molar-refractivity contribution in [2.45, 2.75) is 12.8 Å². The van der Waals surface area contributed by atoms with Crippen molar-refractivity contribution in [2.75, 3.05) is 31.4 Å². The van der Waals surface area contributed by atoms with Gasteiger partial charge in [-0.1, -0.05) is 0 Å². The van der Waals surface area contributed by atoms with Gasteiger partial charge < -0.3 is 4.74 Å². The molecule has 0 spiro atoms. The summed E-state index contributed by atoms with van der Waals surface area (Å²) in [6.45, 7) is 2.06. The number of ether oxygens (including phenoxy) is 1. The Kier molecular flexibility index (Phi) is 5.15. The molecule has 0 amide bonds. The fourth-order valence-corrected chi connectivity index (χ4v) is 2.79. The summed E-state index contributed by atoms with van der Waals surface area (Å²) >= 11 is 5.35. The summed E-state index contributed by atoms with van der Waals surface area (Å²) in [5, 5.41) is 0. The van der Waals surface area contributed by atoms with Crippen LogP contribution in [0.15, 0.2) is 0 Å². The maximum atomic E-state index is 11.2. The van der Waals surface area contributed by atoms with E-state index < -0.39 is 10.0 Å². The Hall–Kier alpha value is 0.160. The fraction of sp³-hybridized carbons (Fsp3) is 1.00. The van der Waals surface area contributed by atoms with Crippen LogP contribution in [0.1, 0.15) is 12.8 Å². The lowest BCUT2D eigenvalue weighted by Gasteiger charge is -2.08. The number of hydrogen-bond donors (Lipinski definition) is 1. The Morgan fingerprint density at radius 1 is 1.50 bits per heavy atom. The van der Waals surface area contributed by atoms with Gasteiger partial charge in [0.05, 0.1) is 5.75 Å². The monoisotopic (exact) mass is 241 g/mol. The maximum absolute atomic E-state index is 11.2. The van der Waals surface area contributed by atoms with Crippen LogP contribution in [0.25, 0.3) is 0 Å². The molecule has 1 fully saturated rings. The summed E-state index contributed by atoms with van der Waals surface area (Å²) in [6.07, 6.45) is 1.89. The third-order valence-electron chi connectivity index (χ3n) is 2.24. The molecule has 14 heavy (non-hydrogen) atoms. The summed E-state index contributed by atoms with van der Waals surface area (Å²) in [7, 11) is -3.15. The van der Waals surface area contributed by atoms with Crippen LogP contribution in [0.2, 0.25) is 0 Å². The summed E-state index contributed by atoms with van der Waals surface area (Å²) in [5.41, 5.74) is 0. The van der Waals surface area contributed by atoms with Crippen LogP contribution in [0, 0.1) is 5.92 Å². The third-order valence-corrected chi connectivity index (χ3v) is 4.04. The van der Waals surface area contributed by atoms with E-state index in [1.54, 1.807) is 0 Å². The molecule has 4 nitrogen and oxygen atoms in total. The van der Waals surface area contributed by atoms with Crippen LogP contribution in [-0.2, 0) is 14.8 Å². The molecule has 1 atom stereocenters. The Morgan fingerprint density at radius 2 is 2.29 bits per heavy atom. The van der Waals surface area contributed by atoms with Crippen molar-refractivity contribution in [3.8, 4) is 0 Å². The molecule has 1 rings (SSSR count). The molecule has 6 heteroatoms. The van der Waals surface area contributed by atoms with Crippen LogP contribution in [0.5, 0.6) is 0 Å². The second-order valence-corrected chi connectivity index (χ2v) is 5.72. The normalized spacial score (nSPS) is 22.8. The van der Waals surface area contributed by atoms with Crippen molar-refractivity contribution >= 4 is 21.6 Å². The second kappa shape index (κ2) is 5.90. The van der Waals surface area contributed by atoms with E-state index in [1.165, 1.54) is 0 Å². The molecular formula is C8H16ClNO3S. The van der Waals surface area contributed by atoms with E-state index in [0.29, 0.717) is 12.5 Å². The lowest BCUT2D eigenvalue weighted by molar-refractivity contribution is 0.184. The zero-order valence-corrected chi connectivity index (χ0v) is 9.61. The minimum Gasteiger partial charge on any atom is -0.381 e. The standard InChI is InChI=1S/C8H16ClNO3S/c9-3-6-14(11,12)10-4-1-8-2-5-13-7-8/h8,10H,1-7H2. The van der Waals surface area contributed by atoms with Crippen LogP contribution >= 0.6 is 11.6 Å². The van der Waals surface area contributed by atoms with Gasteiger partial charge in [-0.05, 0) is 18.8 Å². The van der Waals surface area contributed by atoms with Gasteiger partial charge in [-0.25, -0.2) is 13.1 Å². The van der Waals surface area contributed by atoms with E-state index in [-0.39, 0.29) is 11.6 Å². The largest absolute Gasteiger partial charge is 0.381 e. The molecule has 0 saturated carbocycles. The van der Waals surface area contributed by atoms with Crippen LogP contribution in [-0.4, -0.2) is 39.8 Å².